The molecule has 128 valence electrons. The Labute approximate surface area is 130 Å². The lowest BCUT2D eigenvalue weighted by molar-refractivity contribution is -0.159. The van der Waals surface area contributed by atoms with Crippen LogP contribution in [-0.2, 0) is 11.0 Å². The summed E-state index contributed by atoms with van der Waals surface area (Å²) in [7, 11) is 0. The minimum absolute atomic E-state index is 0.134. The minimum atomic E-state index is -4.77. The van der Waals surface area contributed by atoms with Gasteiger partial charge in [-0.3, -0.25) is 4.79 Å². The minimum Gasteiger partial charge on any atom is -0.329 e. The summed E-state index contributed by atoms with van der Waals surface area (Å²) in [6.07, 6.45) is -9.31. The molecule has 1 N–H and O–H groups in total. The Morgan fingerprint density at radius 1 is 1.08 bits per heavy atom. The van der Waals surface area contributed by atoms with E-state index in [0.717, 1.165) is 0 Å². The number of carbonyl (C=O) groups is 1. The summed E-state index contributed by atoms with van der Waals surface area (Å²) >= 11 is 0. The average molecular weight is 351 g/mol. The molecular weight excluding hydrogens is 344 g/mol. The quantitative estimate of drug-likeness (QED) is 0.674. The molecule has 1 aromatic carbocycles. The van der Waals surface area contributed by atoms with Crippen LogP contribution in [0.2, 0.25) is 0 Å². The highest BCUT2D eigenvalue weighted by atomic mass is 19.4. The van der Waals surface area contributed by atoms with Crippen molar-refractivity contribution in [3.8, 4) is 11.4 Å². The number of carbonyl (C=O) groups excluding carboxylic acids is 1. The molecule has 0 aliphatic rings. The van der Waals surface area contributed by atoms with Crippen molar-refractivity contribution in [3.05, 3.63) is 42.3 Å². The smallest absolute Gasteiger partial charge is 0.329 e. The third-order valence-electron chi connectivity index (χ3n) is 2.50. The predicted molar refractivity (Wildman–Crippen MR) is 68.6 cm³/mol. The van der Waals surface area contributed by atoms with Crippen molar-refractivity contribution in [2.24, 2.45) is 0 Å². The lowest BCUT2D eigenvalue weighted by Gasteiger charge is -2.03. The molecule has 0 spiro atoms. The number of halogens is 6. The number of amides is 1. The number of hydrogen-bond donors (Lipinski definition) is 1. The monoisotopic (exact) mass is 351 g/mol. The SMILES string of the molecule is O=C(/C=C/C(F)(F)F)Nc1ccc(-c2noc(C(F)(F)F)n2)cc1. The number of aromatic nitrogens is 2. The van der Waals surface area contributed by atoms with Crippen molar-refractivity contribution in [2.75, 3.05) is 5.32 Å². The highest BCUT2D eigenvalue weighted by Crippen LogP contribution is 2.29. The van der Waals surface area contributed by atoms with Gasteiger partial charge in [0, 0.05) is 23.4 Å². The van der Waals surface area contributed by atoms with Crippen LogP contribution in [0.3, 0.4) is 0 Å². The predicted octanol–water partition coefficient (Wildman–Crippen LogP) is 3.81. The molecule has 5 nitrogen and oxygen atoms in total. The zero-order chi connectivity index (χ0) is 18.0. The van der Waals surface area contributed by atoms with Crippen LogP contribution in [0.15, 0.2) is 40.9 Å². The second-order valence-electron chi connectivity index (χ2n) is 4.36. The van der Waals surface area contributed by atoms with Gasteiger partial charge in [-0.15, -0.1) is 0 Å². The Morgan fingerprint density at radius 3 is 2.21 bits per heavy atom. The van der Waals surface area contributed by atoms with Crippen LogP contribution in [0, 0.1) is 0 Å². The van der Waals surface area contributed by atoms with E-state index < -0.39 is 24.2 Å². The Kier molecular flexibility index (Phi) is 4.62. The molecule has 1 amide bonds. The Balaban J connectivity index is 2.07. The van der Waals surface area contributed by atoms with Crippen LogP contribution in [0.5, 0.6) is 0 Å². The molecule has 0 unspecified atom stereocenters. The lowest BCUT2D eigenvalue weighted by atomic mass is 10.2. The highest BCUT2D eigenvalue weighted by Gasteiger charge is 2.38. The van der Waals surface area contributed by atoms with Crippen LogP contribution in [0.1, 0.15) is 5.89 Å². The molecule has 0 atom stereocenters. The molecule has 0 fully saturated rings. The Hall–Kier alpha value is -2.85. The number of nitrogens with zero attached hydrogens (tertiary/aromatic N) is 2. The summed E-state index contributed by atoms with van der Waals surface area (Å²) in [6.45, 7) is 0. The number of nitrogens with one attached hydrogen (secondary N) is 1. The fraction of sp³-hybridized carbons (Fsp3) is 0.154. The Morgan fingerprint density at radius 2 is 1.71 bits per heavy atom. The first kappa shape index (κ1) is 17.5. The van der Waals surface area contributed by atoms with E-state index in [9.17, 15) is 31.1 Å². The maximum Gasteiger partial charge on any atom is 0.471 e. The molecule has 2 rings (SSSR count). The number of benzene rings is 1. The third kappa shape index (κ3) is 4.83. The number of allylic oxidation sites excluding steroid dienone is 1. The van der Waals surface area contributed by atoms with Crippen LogP contribution in [-0.4, -0.2) is 22.2 Å². The van der Waals surface area contributed by atoms with Gasteiger partial charge in [-0.05, 0) is 24.3 Å². The van der Waals surface area contributed by atoms with Gasteiger partial charge < -0.3 is 9.84 Å². The molecule has 0 bridgehead atoms. The van der Waals surface area contributed by atoms with Gasteiger partial charge in [-0.2, -0.15) is 31.3 Å². The van der Waals surface area contributed by atoms with E-state index in [0.29, 0.717) is 6.08 Å². The van der Waals surface area contributed by atoms with Gasteiger partial charge >= 0.3 is 18.2 Å². The van der Waals surface area contributed by atoms with E-state index >= 15 is 0 Å². The van der Waals surface area contributed by atoms with Gasteiger partial charge in [0.25, 0.3) is 0 Å². The largest absolute Gasteiger partial charge is 0.471 e. The van der Waals surface area contributed by atoms with E-state index in [1.54, 1.807) is 0 Å². The molecule has 11 heteroatoms. The highest BCUT2D eigenvalue weighted by molar-refractivity contribution is 5.99. The molecule has 0 saturated carbocycles. The second kappa shape index (κ2) is 6.34. The summed E-state index contributed by atoms with van der Waals surface area (Å²) in [5, 5.41) is 5.32. The number of anilines is 1. The fourth-order valence-electron chi connectivity index (χ4n) is 1.51. The number of hydrogen-bond acceptors (Lipinski definition) is 4. The van der Waals surface area contributed by atoms with E-state index in [1.165, 1.54) is 24.3 Å². The van der Waals surface area contributed by atoms with Crippen molar-refractivity contribution < 1.29 is 35.7 Å². The maximum absolute atomic E-state index is 12.4. The van der Waals surface area contributed by atoms with Crippen molar-refractivity contribution >= 4 is 11.6 Å². The van der Waals surface area contributed by atoms with Crippen LogP contribution < -0.4 is 5.32 Å². The maximum atomic E-state index is 12.4. The molecule has 0 radical (unpaired) electrons. The standard InChI is InChI=1S/C13H7F6N3O2/c14-12(15,16)6-5-9(23)20-8-3-1-7(2-4-8)10-21-11(24-22-10)13(17,18)19/h1-6H,(H,20,23)/b6-5+. The van der Waals surface area contributed by atoms with E-state index in [2.05, 4.69) is 20.0 Å². The number of rotatable bonds is 3. The molecule has 24 heavy (non-hydrogen) atoms. The first-order valence-electron chi connectivity index (χ1n) is 6.13. The zero-order valence-corrected chi connectivity index (χ0v) is 11.4. The van der Waals surface area contributed by atoms with Crippen molar-refractivity contribution in [2.45, 2.75) is 12.4 Å². The lowest BCUT2D eigenvalue weighted by Crippen LogP contribution is -2.10. The summed E-state index contributed by atoms with van der Waals surface area (Å²) in [6, 6.07) is 5.07. The summed E-state index contributed by atoms with van der Waals surface area (Å²) in [4.78, 5) is 14.4. The first-order valence-corrected chi connectivity index (χ1v) is 6.13. The van der Waals surface area contributed by atoms with E-state index in [-0.39, 0.29) is 23.2 Å². The molecular formula is C13H7F6N3O2. The van der Waals surface area contributed by atoms with Gasteiger partial charge in [0.1, 0.15) is 0 Å². The average Bonchev–Trinajstić information content (AvgIpc) is 2.95. The van der Waals surface area contributed by atoms with Gasteiger partial charge in [-0.25, -0.2) is 0 Å². The van der Waals surface area contributed by atoms with E-state index in [1.807, 2.05) is 0 Å². The molecule has 0 saturated heterocycles. The summed E-state index contributed by atoms with van der Waals surface area (Å²) in [5.74, 6) is -2.84. The topological polar surface area (TPSA) is 68.0 Å². The van der Waals surface area contributed by atoms with Crippen LogP contribution in [0.4, 0.5) is 32.0 Å². The normalized spacial score (nSPS) is 12.6. The molecule has 2 aromatic rings. The Bertz CT molecular complexity index is 746. The van der Waals surface area contributed by atoms with Gasteiger partial charge in [0.15, 0.2) is 0 Å². The summed E-state index contributed by atoms with van der Waals surface area (Å²) < 4.78 is 76.9. The third-order valence-corrected chi connectivity index (χ3v) is 2.50. The molecule has 1 aromatic heterocycles. The van der Waals surface area contributed by atoms with Gasteiger partial charge in [0.2, 0.25) is 11.7 Å². The summed E-state index contributed by atoms with van der Waals surface area (Å²) in [5.41, 5.74) is 0.299. The van der Waals surface area contributed by atoms with Crippen LogP contribution >= 0.6 is 0 Å². The number of alkyl halides is 6. The van der Waals surface area contributed by atoms with Crippen molar-refractivity contribution in [1.29, 1.82) is 0 Å². The molecule has 0 aliphatic carbocycles. The van der Waals surface area contributed by atoms with Gasteiger partial charge in [-0.1, -0.05) is 5.16 Å². The van der Waals surface area contributed by atoms with Crippen molar-refractivity contribution in [3.63, 3.8) is 0 Å². The first-order chi connectivity index (χ1) is 11.0. The zero-order valence-electron chi connectivity index (χ0n) is 11.4. The second-order valence-corrected chi connectivity index (χ2v) is 4.36. The van der Waals surface area contributed by atoms with Crippen LogP contribution in [0.25, 0.3) is 11.4 Å². The van der Waals surface area contributed by atoms with E-state index in [4.69, 9.17) is 0 Å². The fourth-order valence-corrected chi connectivity index (χ4v) is 1.51. The molecule has 0 aliphatic heterocycles. The molecule has 1 heterocycles. The van der Waals surface area contributed by atoms with Crippen molar-refractivity contribution in [1.82, 2.24) is 10.1 Å². The van der Waals surface area contributed by atoms with Gasteiger partial charge in [0.05, 0.1) is 0 Å².